The molecule has 1 amide bonds. The van der Waals surface area contributed by atoms with Gasteiger partial charge in [0.05, 0.1) is 5.57 Å². The Kier molecular flexibility index (Phi) is 5.43. The summed E-state index contributed by atoms with van der Waals surface area (Å²) in [6.07, 6.45) is 12.6. The van der Waals surface area contributed by atoms with Gasteiger partial charge in [0.25, 0.3) is 0 Å². The number of nitrogens with one attached hydrogen (secondary N) is 1. The Hall–Kier alpha value is -2.22. The number of ketones is 2. The van der Waals surface area contributed by atoms with Gasteiger partial charge in [0.2, 0.25) is 5.91 Å². The average molecular weight is 517 g/mol. The van der Waals surface area contributed by atoms with Gasteiger partial charge in [-0.15, -0.1) is 0 Å². The highest BCUT2D eigenvalue weighted by molar-refractivity contribution is 6.04. The van der Waals surface area contributed by atoms with E-state index in [-0.39, 0.29) is 69.0 Å². The minimum absolute atomic E-state index is 0.0648. The van der Waals surface area contributed by atoms with Crippen LogP contribution in [0.1, 0.15) is 99.3 Å². The average Bonchev–Trinajstić information content (AvgIpc) is 3.68. The van der Waals surface area contributed by atoms with Crippen LogP contribution >= 0.6 is 0 Å². The molecule has 5 heteroatoms. The molecule has 0 aromatic rings. The van der Waals surface area contributed by atoms with Crippen LogP contribution in [0.15, 0.2) is 23.3 Å². The van der Waals surface area contributed by atoms with Gasteiger partial charge in [-0.1, -0.05) is 53.2 Å². The number of amides is 1. The van der Waals surface area contributed by atoms with E-state index >= 15 is 0 Å². The quantitative estimate of drug-likeness (QED) is 0.481. The molecule has 0 heterocycles. The highest BCUT2D eigenvalue weighted by atomic mass is 16.2. The monoisotopic (exact) mass is 516 g/mol. The normalized spacial score (nSPS) is 44.8. The van der Waals surface area contributed by atoms with Gasteiger partial charge in [0, 0.05) is 28.2 Å². The first-order valence-corrected chi connectivity index (χ1v) is 14.9. The van der Waals surface area contributed by atoms with E-state index < -0.39 is 10.8 Å². The van der Waals surface area contributed by atoms with Gasteiger partial charge in [-0.05, 0) is 92.4 Å². The van der Waals surface area contributed by atoms with Crippen LogP contribution < -0.4 is 5.32 Å². The van der Waals surface area contributed by atoms with Crippen molar-refractivity contribution in [2.24, 2.45) is 51.2 Å². The standard InChI is InChI=1S/C33H44N2O3/c1-29(2)13-14-33(35-28(38)19-7-8-19)12-9-21-26(22(33)17-29)23(36)15-25-31(21,5)11-10-24-30(3,4)27(37)20(18-34)16-32(24,25)6/h15-16,19,21-22,24,26H,7-14,17H2,1-6H3,(H,35,38). The lowest BCUT2D eigenvalue weighted by Crippen LogP contribution is -2.66. The number of carbonyl (C=O) groups is 3. The first-order chi connectivity index (χ1) is 17.7. The topological polar surface area (TPSA) is 87.0 Å². The van der Waals surface area contributed by atoms with Crippen LogP contribution in [0.4, 0.5) is 0 Å². The summed E-state index contributed by atoms with van der Waals surface area (Å²) >= 11 is 0. The summed E-state index contributed by atoms with van der Waals surface area (Å²) in [4.78, 5) is 40.6. The van der Waals surface area contributed by atoms with Crippen LogP contribution in [0.5, 0.6) is 0 Å². The van der Waals surface area contributed by atoms with Crippen molar-refractivity contribution in [2.75, 3.05) is 0 Å². The summed E-state index contributed by atoms with van der Waals surface area (Å²) < 4.78 is 0. The van der Waals surface area contributed by atoms with Gasteiger partial charge in [0.15, 0.2) is 11.6 Å². The van der Waals surface area contributed by atoms with E-state index in [2.05, 4.69) is 39.1 Å². The highest BCUT2D eigenvalue weighted by Crippen LogP contribution is 2.69. The molecule has 0 aromatic heterocycles. The highest BCUT2D eigenvalue weighted by Gasteiger charge is 2.66. The molecule has 6 rings (SSSR count). The smallest absolute Gasteiger partial charge is 0.223 e. The summed E-state index contributed by atoms with van der Waals surface area (Å²) in [5.41, 5.74) is -0.0328. The lowest BCUT2D eigenvalue weighted by molar-refractivity contribution is -0.146. The van der Waals surface area contributed by atoms with Crippen molar-refractivity contribution in [3.8, 4) is 6.07 Å². The Morgan fingerprint density at radius 1 is 0.947 bits per heavy atom. The molecule has 6 aliphatic rings. The lowest BCUT2D eigenvalue weighted by atomic mass is 9.39. The number of nitrogens with zero attached hydrogens (tertiary/aromatic N) is 1. The van der Waals surface area contributed by atoms with Gasteiger partial charge < -0.3 is 5.32 Å². The van der Waals surface area contributed by atoms with Crippen LogP contribution in [-0.2, 0) is 14.4 Å². The van der Waals surface area contributed by atoms with E-state index in [1.165, 1.54) is 0 Å². The number of carbonyl (C=O) groups excluding carboxylic acids is 3. The third kappa shape index (κ3) is 3.44. The van der Waals surface area contributed by atoms with Crippen molar-refractivity contribution in [3.05, 3.63) is 23.3 Å². The number of allylic oxidation sites excluding steroid dienone is 4. The number of rotatable bonds is 2. The Morgan fingerprint density at radius 3 is 2.32 bits per heavy atom. The second-order valence-electron chi connectivity index (χ2n) is 15.5. The van der Waals surface area contributed by atoms with E-state index in [9.17, 15) is 19.6 Å². The molecule has 4 fully saturated rings. The molecular formula is C33H44N2O3. The molecular weight excluding hydrogens is 472 g/mol. The predicted octanol–water partition coefficient (Wildman–Crippen LogP) is 6.09. The summed E-state index contributed by atoms with van der Waals surface area (Å²) in [6.45, 7) is 13.1. The van der Waals surface area contributed by atoms with Crippen LogP contribution in [0, 0.1) is 62.6 Å². The predicted molar refractivity (Wildman–Crippen MR) is 145 cm³/mol. The Bertz CT molecular complexity index is 1230. The van der Waals surface area contributed by atoms with Crippen molar-refractivity contribution in [3.63, 3.8) is 0 Å². The van der Waals surface area contributed by atoms with Gasteiger partial charge in [0.1, 0.15) is 6.07 Å². The molecule has 38 heavy (non-hydrogen) atoms. The van der Waals surface area contributed by atoms with Crippen LogP contribution in [0.3, 0.4) is 0 Å². The minimum Gasteiger partial charge on any atom is -0.350 e. The molecule has 0 aromatic carbocycles. The van der Waals surface area contributed by atoms with Gasteiger partial charge >= 0.3 is 0 Å². The van der Waals surface area contributed by atoms with Crippen LogP contribution in [0.2, 0.25) is 0 Å². The number of fused-ring (bicyclic) bond motifs is 7. The van der Waals surface area contributed by atoms with Gasteiger partial charge in [-0.3, -0.25) is 14.4 Å². The summed E-state index contributed by atoms with van der Waals surface area (Å²) in [7, 11) is 0. The first-order valence-electron chi connectivity index (χ1n) is 14.9. The zero-order valence-electron chi connectivity index (χ0n) is 24.1. The van der Waals surface area contributed by atoms with Crippen molar-refractivity contribution in [2.45, 2.75) is 105 Å². The van der Waals surface area contributed by atoms with Crippen LogP contribution in [-0.4, -0.2) is 23.0 Å². The van der Waals surface area contributed by atoms with Crippen LogP contribution in [0.25, 0.3) is 0 Å². The van der Waals surface area contributed by atoms with E-state index in [4.69, 9.17) is 0 Å². The third-order valence-electron chi connectivity index (χ3n) is 12.4. The Labute approximate surface area is 227 Å². The Morgan fingerprint density at radius 2 is 1.66 bits per heavy atom. The minimum atomic E-state index is -0.640. The molecule has 204 valence electrons. The van der Waals surface area contributed by atoms with Crippen molar-refractivity contribution < 1.29 is 14.4 Å². The molecule has 0 bridgehead atoms. The first kappa shape index (κ1) is 26.0. The zero-order chi connectivity index (χ0) is 27.5. The summed E-state index contributed by atoms with van der Waals surface area (Å²) in [5, 5.41) is 13.4. The fourth-order valence-corrected chi connectivity index (χ4v) is 10.2. The maximum absolute atomic E-state index is 14.3. The van der Waals surface area contributed by atoms with Gasteiger partial charge in [-0.2, -0.15) is 5.26 Å². The van der Waals surface area contributed by atoms with E-state index in [0.29, 0.717) is 0 Å². The Balaban J connectivity index is 1.45. The zero-order valence-corrected chi connectivity index (χ0v) is 24.1. The molecule has 1 N–H and O–H groups in total. The molecule has 0 aliphatic heterocycles. The summed E-state index contributed by atoms with van der Waals surface area (Å²) in [6, 6.07) is 2.19. The largest absolute Gasteiger partial charge is 0.350 e. The summed E-state index contributed by atoms with van der Waals surface area (Å²) in [5.74, 6) is 0.857. The molecule has 5 nitrogen and oxygen atoms in total. The van der Waals surface area contributed by atoms with E-state index in [0.717, 1.165) is 63.4 Å². The number of nitriles is 1. The molecule has 0 saturated heterocycles. The molecule has 0 spiro atoms. The lowest BCUT2D eigenvalue weighted by Gasteiger charge is -2.65. The second kappa shape index (κ2) is 7.92. The third-order valence-corrected chi connectivity index (χ3v) is 12.4. The maximum atomic E-state index is 14.3. The molecule has 4 saturated carbocycles. The van der Waals surface area contributed by atoms with E-state index in [1.807, 2.05) is 26.0 Å². The second-order valence-corrected chi connectivity index (χ2v) is 15.5. The maximum Gasteiger partial charge on any atom is 0.223 e. The van der Waals surface area contributed by atoms with Crippen molar-refractivity contribution in [1.29, 1.82) is 5.26 Å². The van der Waals surface area contributed by atoms with Gasteiger partial charge in [-0.25, -0.2) is 0 Å². The van der Waals surface area contributed by atoms with Crippen molar-refractivity contribution >= 4 is 17.5 Å². The van der Waals surface area contributed by atoms with E-state index in [1.54, 1.807) is 0 Å². The van der Waals surface area contributed by atoms with Crippen molar-refractivity contribution in [1.82, 2.24) is 5.32 Å². The molecule has 6 aliphatic carbocycles. The molecule has 0 radical (unpaired) electrons. The SMILES string of the molecule is CC1(C)CCC2(NC(=O)C3CC3)CCC3C(C(=O)C=C4C5(C)C=C(C#N)C(=O)C(C)(C)C5CCC43C)C2C1. The number of Topliss-reactive ketones (excluding diaryl/α,β-unsaturated/α-hetero) is 1. The molecule has 7 atom stereocenters. The fraction of sp³-hybridized carbons (Fsp3) is 0.758. The number of hydrogen-bond donors (Lipinski definition) is 1. The number of hydrogen-bond acceptors (Lipinski definition) is 4. The fourth-order valence-electron chi connectivity index (χ4n) is 10.2. The molecule has 7 unspecified atom stereocenters.